The fraction of sp³-hybridized carbons (Fsp3) is 1.00. The van der Waals surface area contributed by atoms with Crippen molar-refractivity contribution in [3.8, 4) is 0 Å². The molecule has 98 valence electrons. The number of unbranched alkanes of at least 4 members (excludes halogenated alkanes) is 3. The van der Waals surface area contributed by atoms with Gasteiger partial charge >= 0.3 is 0 Å². The summed E-state index contributed by atoms with van der Waals surface area (Å²) in [6, 6.07) is 1.49. The van der Waals surface area contributed by atoms with Crippen LogP contribution in [0.15, 0.2) is 0 Å². The van der Waals surface area contributed by atoms with Crippen molar-refractivity contribution < 1.29 is 4.48 Å². The quantitative estimate of drug-likeness (QED) is 0.321. The van der Waals surface area contributed by atoms with Crippen molar-refractivity contribution in [3.05, 3.63) is 0 Å². The average molecular weight is 245 g/mol. The largest absolute Gasteiger partial charge is 0.328 e. The minimum atomic E-state index is -0.811. The van der Waals surface area contributed by atoms with E-state index in [1.807, 2.05) is 0 Å². The van der Waals surface area contributed by atoms with Crippen molar-refractivity contribution in [1.29, 1.82) is 0 Å². The number of hydrogen-bond acceptors (Lipinski definition) is 0. The summed E-state index contributed by atoms with van der Waals surface area (Å²) in [6.07, 6.45) is 7.02. The van der Waals surface area contributed by atoms with Gasteiger partial charge in [0.25, 0.3) is 0 Å². The van der Waals surface area contributed by atoms with E-state index in [1.54, 1.807) is 0 Å². The number of hydrogen-bond donors (Lipinski definition) is 0. The third kappa shape index (κ3) is 10.7. The zero-order valence-corrected chi connectivity index (χ0v) is 13.6. The van der Waals surface area contributed by atoms with Crippen molar-refractivity contribution in [3.63, 3.8) is 0 Å². The van der Waals surface area contributed by atoms with Crippen LogP contribution in [0.1, 0.15) is 39.0 Å². The molecule has 0 N–H and O–H groups in total. The predicted octanol–water partition coefficient (Wildman–Crippen LogP) is 4.37. The van der Waals surface area contributed by atoms with Gasteiger partial charge in [-0.25, -0.2) is 0 Å². The Morgan fingerprint density at radius 1 is 0.812 bits per heavy atom. The van der Waals surface area contributed by atoms with E-state index in [4.69, 9.17) is 0 Å². The molecular formula is C14H34NSi+. The zero-order chi connectivity index (χ0) is 12.7. The highest BCUT2D eigenvalue weighted by molar-refractivity contribution is 6.76. The van der Waals surface area contributed by atoms with Crippen molar-refractivity contribution in [2.75, 3.05) is 27.2 Å². The minimum absolute atomic E-state index is 0.811. The maximum atomic E-state index is 2.48. The van der Waals surface area contributed by atoms with Crippen LogP contribution in [0, 0.1) is 0 Å². The van der Waals surface area contributed by atoms with Gasteiger partial charge in [0, 0.05) is 8.07 Å². The van der Waals surface area contributed by atoms with Crippen LogP contribution in [0.2, 0.25) is 25.7 Å². The Morgan fingerprint density at radius 2 is 1.38 bits per heavy atom. The summed E-state index contributed by atoms with van der Waals surface area (Å²) in [7, 11) is 3.99. The molecule has 0 saturated carbocycles. The molecule has 2 heteroatoms. The van der Waals surface area contributed by atoms with Crippen molar-refractivity contribution in [2.24, 2.45) is 0 Å². The molecule has 0 spiro atoms. The van der Waals surface area contributed by atoms with E-state index in [0.717, 1.165) is 0 Å². The van der Waals surface area contributed by atoms with E-state index in [2.05, 4.69) is 40.7 Å². The molecule has 16 heavy (non-hydrogen) atoms. The Morgan fingerprint density at radius 3 is 1.88 bits per heavy atom. The standard InChI is InChI=1S/C14H34NSi/c1-7-8-9-10-12-15(2,3)13-11-14-16(4,5)6/h7-14H2,1-6H3/q+1. The fourth-order valence-corrected chi connectivity index (χ4v) is 3.33. The van der Waals surface area contributed by atoms with Gasteiger partial charge in [-0.05, 0) is 19.3 Å². The van der Waals surface area contributed by atoms with E-state index in [0.29, 0.717) is 0 Å². The highest BCUT2D eigenvalue weighted by atomic mass is 28.3. The minimum Gasteiger partial charge on any atom is -0.328 e. The molecule has 0 unspecified atom stereocenters. The maximum Gasteiger partial charge on any atom is 0.0782 e. The van der Waals surface area contributed by atoms with Gasteiger partial charge in [0.15, 0.2) is 0 Å². The van der Waals surface area contributed by atoms with E-state index in [1.165, 1.54) is 55.7 Å². The first-order valence-corrected chi connectivity index (χ1v) is 10.8. The van der Waals surface area contributed by atoms with Crippen molar-refractivity contribution in [2.45, 2.75) is 64.7 Å². The van der Waals surface area contributed by atoms with Crippen LogP contribution in [-0.2, 0) is 0 Å². The molecule has 0 aliphatic heterocycles. The molecule has 0 aromatic heterocycles. The summed E-state index contributed by atoms with van der Waals surface area (Å²) in [5.41, 5.74) is 0. The first kappa shape index (κ1) is 16.2. The van der Waals surface area contributed by atoms with E-state index < -0.39 is 8.07 Å². The average Bonchev–Trinajstić information content (AvgIpc) is 2.10. The second-order valence-electron chi connectivity index (χ2n) is 7.11. The third-order valence-corrected chi connectivity index (χ3v) is 5.16. The molecule has 0 heterocycles. The molecule has 0 rings (SSSR count). The van der Waals surface area contributed by atoms with Gasteiger partial charge in [0.1, 0.15) is 0 Å². The predicted molar refractivity (Wildman–Crippen MR) is 78.8 cm³/mol. The molecule has 0 aromatic rings. The molecule has 0 saturated heterocycles. The lowest BCUT2D eigenvalue weighted by Gasteiger charge is -2.31. The number of nitrogens with zero attached hydrogens (tertiary/aromatic N) is 1. The summed E-state index contributed by atoms with van der Waals surface area (Å²) in [6.45, 7) is 12.5. The smallest absolute Gasteiger partial charge is 0.0782 e. The van der Waals surface area contributed by atoms with Gasteiger partial charge < -0.3 is 4.48 Å². The summed E-state index contributed by atoms with van der Waals surface area (Å²) in [5, 5.41) is 0. The van der Waals surface area contributed by atoms with Gasteiger partial charge in [-0.3, -0.25) is 0 Å². The summed E-state index contributed by atoms with van der Waals surface area (Å²) in [4.78, 5) is 0. The lowest BCUT2D eigenvalue weighted by Crippen LogP contribution is -2.41. The first-order chi connectivity index (χ1) is 7.27. The summed E-state index contributed by atoms with van der Waals surface area (Å²) >= 11 is 0. The first-order valence-electron chi connectivity index (χ1n) is 7.09. The maximum absolute atomic E-state index is 2.48. The van der Waals surface area contributed by atoms with Crippen LogP contribution in [0.4, 0.5) is 0 Å². The van der Waals surface area contributed by atoms with Crippen molar-refractivity contribution >= 4 is 8.07 Å². The lowest BCUT2D eigenvalue weighted by molar-refractivity contribution is -0.890. The van der Waals surface area contributed by atoms with E-state index >= 15 is 0 Å². The molecule has 0 amide bonds. The molecule has 0 aliphatic carbocycles. The number of rotatable bonds is 9. The van der Waals surface area contributed by atoms with E-state index in [-0.39, 0.29) is 0 Å². The molecule has 0 aromatic carbocycles. The van der Waals surface area contributed by atoms with Gasteiger partial charge in [-0.2, -0.15) is 0 Å². The Kier molecular flexibility index (Phi) is 7.58. The molecule has 0 aliphatic rings. The van der Waals surface area contributed by atoms with Crippen LogP contribution in [0.25, 0.3) is 0 Å². The molecule has 0 radical (unpaired) electrons. The monoisotopic (exact) mass is 244 g/mol. The number of quaternary nitrogens is 1. The van der Waals surface area contributed by atoms with Crippen LogP contribution < -0.4 is 0 Å². The van der Waals surface area contributed by atoms with Crippen LogP contribution in [0.3, 0.4) is 0 Å². The van der Waals surface area contributed by atoms with Crippen LogP contribution >= 0.6 is 0 Å². The zero-order valence-electron chi connectivity index (χ0n) is 12.6. The molecule has 1 nitrogen and oxygen atoms in total. The lowest BCUT2D eigenvalue weighted by atomic mass is 10.2. The molecule has 0 atom stereocenters. The molecule has 0 bridgehead atoms. The van der Waals surface area contributed by atoms with Crippen molar-refractivity contribution in [1.82, 2.24) is 0 Å². The topological polar surface area (TPSA) is 0 Å². The SMILES string of the molecule is CCCCCC[N+](C)(C)CCC[Si](C)(C)C. The second-order valence-corrected chi connectivity index (χ2v) is 12.7. The Bertz CT molecular complexity index is 170. The van der Waals surface area contributed by atoms with Gasteiger partial charge in [-0.1, -0.05) is 45.5 Å². The van der Waals surface area contributed by atoms with Gasteiger partial charge in [0.2, 0.25) is 0 Å². The summed E-state index contributed by atoms with van der Waals surface area (Å²) < 4.78 is 1.23. The van der Waals surface area contributed by atoms with Gasteiger partial charge in [0.05, 0.1) is 27.2 Å². The highest BCUT2D eigenvalue weighted by Gasteiger charge is 2.17. The highest BCUT2D eigenvalue weighted by Crippen LogP contribution is 2.14. The third-order valence-electron chi connectivity index (χ3n) is 3.31. The normalized spacial score (nSPS) is 13.1. The van der Waals surface area contributed by atoms with Crippen LogP contribution in [0.5, 0.6) is 0 Å². The van der Waals surface area contributed by atoms with Gasteiger partial charge in [-0.15, -0.1) is 0 Å². The van der Waals surface area contributed by atoms with E-state index in [9.17, 15) is 0 Å². The summed E-state index contributed by atoms with van der Waals surface area (Å²) in [5.74, 6) is 0. The fourth-order valence-electron chi connectivity index (χ4n) is 2.12. The molecular weight excluding hydrogens is 210 g/mol. The van der Waals surface area contributed by atoms with Crippen LogP contribution in [-0.4, -0.2) is 39.7 Å². The second kappa shape index (κ2) is 7.49. The Balaban J connectivity index is 3.62. The molecule has 0 fully saturated rings. The Hall–Kier alpha value is 0.177. The Labute approximate surface area is 105 Å².